The molecule has 0 radical (unpaired) electrons. The first-order chi connectivity index (χ1) is 13.0. The molecule has 146 valence electrons. The van der Waals surface area contributed by atoms with Crippen LogP contribution in [-0.2, 0) is 9.59 Å². The van der Waals surface area contributed by atoms with Gasteiger partial charge in [-0.05, 0) is 62.5 Å². The lowest BCUT2D eigenvalue weighted by Crippen LogP contribution is -2.57. The maximum Gasteiger partial charge on any atom is 0.228 e. The van der Waals surface area contributed by atoms with Crippen LogP contribution < -0.4 is 10.6 Å². The molecular formula is C21H28FN3O2. The minimum atomic E-state index is -0.623. The fourth-order valence-corrected chi connectivity index (χ4v) is 4.93. The quantitative estimate of drug-likeness (QED) is 0.852. The minimum absolute atomic E-state index is 0.0715. The van der Waals surface area contributed by atoms with Crippen LogP contribution in [0.15, 0.2) is 18.2 Å². The fraction of sp³-hybridized carbons (Fsp3) is 0.619. The van der Waals surface area contributed by atoms with E-state index in [4.69, 9.17) is 0 Å². The van der Waals surface area contributed by atoms with Crippen molar-refractivity contribution in [1.82, 2.24) is 10.2 Å². The lowest BCUT2D eigenvalue weighted by Gasteiger charge is -2.42. The summed E-state index contributed by atoms with van der Waals surface area (Å²) >= 11 is 0. The average molecular weight is 373 g/mol. The van der Waals surface area contributed by atoms with E-state index in [1.165, 1.54) is 31.4 Å². The lowest BCUT2D eigenvalue weighted by molar-refractivity contribution is -0.128. The molecule has 0 bridgehead atoms. The first kappa shape index (κ1) is 18.4. The van der Waals surface area contributed by atoms with Crippen molar-refractivity contribution in [3.8, 4) is 0 Å². The van der Waals surface area contributed by atoms with Crippen molar-refractivity contribution in [2.24, 2.45) is 0 Å². The van der Waals surface area contributed by atoms with E-state index in [1.807, 2.05) is 0 Å². The van der Waals surface area contributed by atoms with E-state index in [0.29, 0.717) is 11.3 Å². The van der Waals surface area contributed by atoms with Crippen LogP contribution in [0.1, 0.15) is 62.8 Å². The molecule has 5 nitrogen and oxygen atoms in total. The summed E-state index contributed by atoms with van der Waals surface area (Å²) in [6, 6.07) is 4.24. The molecule has 1 aromatic rings. The first-order valence-electron chi connectivity index (χ1n) is 10.2. The molecular weight excluding hydrogens is 345 g/mol. The molecule has 1 saturated heterocycles. The smallest absolute Gasteiger partial charge is 0.228 e. The monoisotopic (exact) mass is 373 g/mol. The Hall–Kier alpha value is -1.95. The van der Waals surface area contributed by atoms with E-state index in [0.717, 1.165) is 45.3 Å². The van der Waals surface area contributed by atoms with Gasteiger partial charge in [-0.3, -0.25) is 9.59 Å². The number of hydrogen-bond acceptors (Lipinski definition) is 3. The number of carbonyl (C=O) groups excluding carboxylic acids is 2. The average Bonchev–Trinajstić information content (AvgIpc) is 3.14. The molecule has 2 heterocycles. The second-order valence-corrected chi connectivity index (χ2v) is 8.35. The summed E-state index contributed by atoms with van der Waals surface area (Å²) in [5.41, 5.74) is 0.908. The number of fused-ring (bicyclic) bond motifs is 1. The fourth-order valence-electron chi connectivity index (χ4n) is 4.93. The number of carbonyl (C=O) groups is 2. The van der Waals surface area contributed by atoms with Crippen LogP contribution in [0.5, 0.6) is 0 Å². The normalized spacial score (nSPS) is 24.9. The molecule has 2 N–H and O–H groups in total. The Morgan fingerprint density at radius 1 is 1.19 bits per heavy atom. The SMILES string of the molecule is O=C1C[C@H](C(=O)NC2(CN3CCCC3)CCCCC2)c2cc(F)ccc2N1. The van der Waals surface area contributed by atoms with Gasteiger partial charge < -0.3 is 15.5 Å². The molecule has 1 atom stereocenters. The maximum atomic E-state index is 13.8. The molecule has 1 aliphatic carbocycles. The van der Waals surface area contributed by atoms with Crippen molar-refractivity contribution in [3.05, 3.63) is 29.6 Å². The van der Waals surface area contributed by atoms with Gasteiger partial charge in [0.25, 0.3) is 0 Å². The van der Waals surface area contributed by atoms with Crippen LogP contribution >= 0.6 is 0 Å². The summed E-state index contributed by atoms with van der Waals surface area (Å²) in [5.74, 6) is -1.33. The van der Waals surface area contributed by atoms with Crippen molar-refractivity contribution in [2.75, 3.05) is 25.0 Å². The minimum Gasteiger partial charge on any atom is -0.349 e. The van der Waals surface area contributed by atoms with Gasteiger partial charge >= 0.3 is 0 Å². The first-order valence-corrected chi connectivity index (χ1v) is 10.2. The van der Waals surface area contributed by atoms with Gasteiger partial charge in [0.15, 0.2) is 0 Å². The molecule has 27 heavy (non-hydrogen) atoms. The Morgan fingerprint density at radius 3 is 2.67 bits per heavy atom. The van der Waals surface area contributed by atoms with Crippen LogP contribution in [0.2, 0.25) is 0 Å². The van der Waals surface area contributed by atoms with E-state index in [2.05, 4.69) is 15.5 Å². The number of benzene rings is 1. The largest absolute Gasteiger partial charge is 0.349 e. The molecule has 6 heteroatoms. The van der Waals surface area contributed by atoms with Gasteiger partial charge in [0.05, 0.1) is 11.5 Å². The van der Waals surface area contributed by atoms with Gasteiger partial charge in [-0.1, -0.05) is 19.3 Å². The Labute approximate surface area is 159 Å². The van der Waals surface area contributed by atoms with Gasteiger partial charge in [-0.2, -0.15) is 0 Å². The predicted octanol–water partition coefficient (Wildman–Crippen LogP) is 3.17. The third-order valence-electron chi connectivity index (χ3n) is 6.29. The third kappa shape index (κ3) is 4.00. The summed E-state index contributed by atoms with van der Waals surface area (Å²) < 4.78 is 13.8. The molecule has 4 rings (SSSR count). The third-order valence-corrected chi connectivity index (χ3v) is 6.29. The number of nitrogens with zero attached hydrogens (tertiary/aromatic N) is 1. The standard InChI is InChI=1S/C21H28FN3O2/c22-15-6-7-18-16(12-15)17(13-19(26)23-18)20(27)24-21(8-2-1-3-9-21)14-25-10-4-5-11-25/h6-7,12,17H,1-5,8-11,13-14H2,(H,23,26)(H,24,27)/t17-/m0/s1. The van der Waals surface area contributed by atoms with E-state index in [-0.39, 0.29) is 29.6 Å². The van der Waals surface area contributed by atoms with Crippen LogP contribution in [0.3, 0.4) is 0 Å². The molecule has 0 aromatic heterocycles. The summed E-state index contributed by atoms with van der Waals surface area (Å²) in [7, 11) is 0. The Morgan fingerprint density at radius 2 is 1.93 bits per heavy atom. The van der Waals surface area contributed by atoms with E-state index >= 15 is 0 Å². The van der Waals surface area contributed by atoms with Gasteiger partial charge in [-0.15, -0.1) is 0 Å². The maximum absolute atomic E-state index is 13.8. The molecule has 0 spiro atoms. The number of hydrogen-bond donors (Lipinski definition) is 2. The van der Waals surface area contributed by atoms with E-state index in [9.17, 15) is 14.0 Å². The van der Waals surface area contributed by atoms with Crippen molar-refractivity contribution in [3.63, 3.8) is 0 Å². The molecule has 2 fully saturated rings. The van der Waals surface area contributed by atoms with Crippen LogP contribution in [0.4, 0.5) is 10.1 Å². The predicted molar refractivity (Wildman–Crippen MR) is 102 cm³/mol. The second kappa shape index (κ2) is 7.58. The Bertz CT molecular complexity index is 724. The number of amides is 2. The van der Waals surface area contributed by atoms with Crippen LogP contribution in [0.25, 0.3) is 0 Å². The van der Waals surface area contributed by atoms with Gasteiger partial charge in [0.1, 0.15) is 5.82 Å². The molecule has 1 aromatic carbocycles. The van der Waals surface area contributed by atoms with Gasteiger partial charge in [0, 0.05) is 18.7 Å². The molecule has 0 unspecified atom stereocenters. The summed E-state index contributed by atoms with van der Waals surface area (Å²) in [6.45, 7) is 3.07. The highest BCUT2D eigenvalue weighted by Gasteiger charge is 2.39. The van der Waals surface area contributed by atoms with E-state index in [1.54, 1.807) is 6.07 Å². The van der Waals surface area contributed by atoms with Crippen molar-refractivity contribution in [1.29, 1.82) is 0 Å². The summed E-state index contributed by atoms with van der Waals surface area (Å²) in [4.78, 5) is 27.8. The highest BCUT2D eigenvalue weighted by Crippen LogP contribution is 2.35. The number of halogens is 1. The second-order valence-electron chi connectivity index (χ2n) is 8.35. The Kier molecular flexibility index (Phi) is 5.17. The van der Waals surface area contributed by atoms with Crippen molar-refractivity contribution < 1.29 is 14.0 Å². The Balaban J connectivity index is 1.56. The molecule has 1 saturated carbocycles. The van der Waals surface area contributed by atoms with Gasteiger partial charge in [0.2, 0.25) is 11.8 Å². The zero-order valence-corrected chi connectivity index (χ0v) is 15.7. The topological polar surface area (TPSA) is 61.4 Å². The zero-order chi connectivity index (χ0) is 18.9. The molecule has 3 aliphatic rings. The highest BCUT2D eigenvalue weighted by atomic mass is 19.1. The number of nitrogens with one attached hydrogen (secondary N) is 2. The summed E-state index contributed by atoms with van der Waals surface area (Å²) in [6.07, 6.45) is 7.90. The number of anilines is 1. The van der Waals surface area contributed by atoms with Crippen molar-refractivity contribution in [2.45, 2.75) is 62.8 Å². The number of rotatable bonds is 4. The lowest BCUT2D eigenvalue weighted by atomic mass is 9.80. The zero-order valence-electron chi connectivity index (χ0n) is 15.7. The van der Waals surface area contributed by atoms with Crippen LogP contribution in [-0.4, -0.2) is 41.9 Å². The molecule has 2 amide bonds. The van der Waals surface area contributed by atoms with E-state index < -0.39 is 5.92 Å². The molecule has 2 aliphatic heterocycles. The van der Waals surface area contributed by atoms with Gasteiger partial charge in [-0.25, -0.2) is 4.39 Å². The summed E-state index contributed by atoms with van der Waals surface area (Å²) in [5, 5.41) is 6.08. The van der Waals surface area contributed by atoms with Crippen LogP contribution in [0, 0.1) is 5.82 Å². The van der Waals surface area contributed by atoms with Crippen molar-refractivity contribution >= 4 is 17.5 Å². The highest BCUT2D eigenvalue weighted by molar-refractivity contribution is 6.01. The number of likely N-dealkylation sites (tertiary alicyclic amines) is 1.